The van der Waals surface area contributed by atoms with E-state index in [2.05, 4.69) is 18.0 Å². The van der Waals surface area contributed by atoms with Gasteiger partial charge in [0, 0.05) is 6.21 Å². The van der Waals surface area contributed by atoms with E-state index in [1.807, 2.05) is 42.5 Å². The molecule has 0 fully saturated rings. The van der Waals surface area contributed by atoms with E-state index in [-0.39, 0.29) is 12.2 Å². The zero-order valence-electron chi connectivity index (χ0n) is 16.5. The summed E-state index contributed by atoms with van der Waals surface area (Å²) >= 11 is 0. The van der Waals surface area contributed by atoms with Crippen molar-refractivity contribution in [2.45, 2.75) is 20.0 Å². The van der Waals surface area contributed by atoms with Gasteiger partial charge in [-0.15, -0.1) is 0 Å². The Hall–Kier alpha value is -3.60. The third kappa shape index (κ3) is 5.23. The summed E-state index contributed by atoms with van der Waals surface area (Å²) in [5.41, 5.74) is 4.05. The highest BCUT2D eigenvalue weighted by molar-refractivity contribution is 5.87. The van der Waals surface area contributed by atoms with Crippen LogP contribution in [0, 0.1) is 0 Å². The lowest BCUT2D eigenvalue weighted by Gasteiger charge is -2.11. The Morgan fingerprint density at radius 3 is 2.62 bits per heavy atom. The maximum absolute atomic E-state index is 11.1. The minimum atomic E-state index is -0.960. The number of benzene rings is 3. The molecular weight excluding hydrogens is 366 g/mol. The number of hydrogen-bond donors (Lipinski definition) is 1. The molecule has 3 rings (SSSR count). The Bertz CT molecular complexity index is 1030. The lowest BCUT2D eigenvalue weighted by atomic mass is 10.1. The van der Waals surface area contributed by atoms with Gasteiger partial charge in [0.1, 0.15) is 6.61 Å². The van der Waals surface area contributed by atoms with Crippen molar-refractivity contribution in [2.24, 2.45) is 4.99 Å². The molecule has 0 amide bonds. The van der Waals surface area contributed by atoms with Crippen LogP contribution in [0.25, 0.3) is 0 Å². The van der Waals surface area contributed by atoms with Crippen LogP contribution in [0.1, 0.15) is 34.0 Å². The fraction of sp³-hybridized carbons (Fsp3) is 0.167. The smallest absolute Gasteiger partial charge is 0.335 e. The molecule has 0 bridgehead atoms. The number of ether oxygens (including phenoxy) is 2. The first-order valence-electron chi connectivity index (χ1n) is 9.35. The average Bonchev–Trinajstić information content (AvgIpc) is 2.76. The van der Waals surface area contributed by atoms with Crippen LogP contribution in [-0.4, -0.2) is 24.4 Å². The maximum Gasteiger partial charge on any atom is 0.335 e. The van der Waals surface area contributed by atoms with Crippen molar-refractivity contribution in [3.63, 3.8) is 0 Å². The normalized spacial score (nSPS) is 10.8. The minimum absolute atomic E-state index is 0.233. The SMILES string of the molecule is CCc1ccccc1N=Cc1ccc(OCc2cccc(C(=O)O)c2)c(OC)c1. The summed E-state index contributed by atoms with van der Waals surface area (Å²) in [6.45, 7) is 2.35. The highest BCUT2D eigenvalue weighted by atomic mass is 16.5. The summed E-state index contributed by atoms with van der Waals surface area (Å²) in [6, 6.07) is 20.3. The number of nitrogens with zero attached hydrogens (tertiary/aromatic N) is 1. The summed E-state index contributed by atoms with van der Waals surface area (Å²) < 4.78 is 11.3. The number of carboxylic acid groups (broad SMARTS) is 1. The Labute approximate surface area is 170 Å². The lowest BCUT2D eigenvalue weighted by Crippen LogP contribution is -2.01. The molecular formula is C24H23NO4. The van der Waals surface area contributed by atoms with E-state index in [1.165, 1.54) is 5.56 Å². The van der Waals surface area contributed by atoms with Crippen molar-refractivity contribution >= 4 is 17.9 Å². The number of carboxylic acids is 1. The molecule has 5 nitrogen and oxygen atoms in total. The number of aliphatic imine (C=N–C) groups is 1. The highest BCUT2D eigenvalue weighted by Gasteiger charge is 2.08. The van der Waals surface area contributed by atoms with E-state index < -0.39 is 5.97 Å². The predicted octanol–water partition coefficient (Wildman–Crippen LogP) is 5.29. The molecule has 1 N–H and O–H groups in total. The molecule has 5 heteroatoms. The summed E-state index contributed by atoms with van der Waals surface area (Å²) in [4.78, 5) is 15.7. The number of aromatic carboxylic acids is 1. The van der Waals surface area contributed by atoms with Crippen molar-refractivity contribution in [2.75, 3.05) is 7.11 Å². The van der Waals surface area contributed by atoms with Crippen LogP contribution in [0.5, 0.6) is 11.5 Å². The Morgan fingerprint density at radius 2 is 1.86 bits per heavy atom. The van der Waals surface area contributed by atoms with Gasteiger partial charge in [0.05, 0.1) is 18.4 Å². The average molecular weight is 389 g/mol. The quantitative estimate of drug-likeness (QED) is 0.532. The second-order valence-corrected chi connectivity index (χ2v) is 6.44. The third-order valence-corrected chi connectivity index (χ3v) is 4.48. The molecule has 0 radical (unpaired) electrons. The summed E-state index contributed by atoms with van der Waals surface area (Å²) in [5, 5.41) is 9.10. The topological polar surface area (TPSA) is 68.1 Å². The molecule has 0 aliphatic rings. The van der Waals surface area contributed by atoms with E-state index in [9.17, 15) is 4.79 Å². The number of hydrogen-bond acceptors (Lipinski definition) is 4. The van der Waals surface area contributed by atoms with Crippen LogP contribution in [0.4, 0.5) is 5.69 Å². The molecule has 0 aromatic heterocycles. The van der Waals surface area contributed by atoms with Crippen LogP contribution in [-0.2, 0) is 13.0 Å². The van der Waals surface area contributed by atoms with Crippen molar-refractivity contribution in [3.8, 4) is 11.5 Å². The molecule has 0 heterocycles. The number of methoxy groups -OCH3 is 1. The second-order valence-electron chi connectivity index (χ2n) is 6.44. The molecule has 29 heavy (non-hydrogen) atoms. The maximum atomic E-state index is 11.1. The van der Waals surface area contributed by atoms with Gasteiger partial charge in [-0.25, -0.2) is 4.79 Å². The summed E-state index contributed by atoms with van der Waals surface area (Å²) in [7, 11) is 1.58. The van der Waals surface area contributed by atoms with E-state index in [0.29, 0.717) is 11.5 Å². The number of para-hydroxylation sites is 1. The monoisotopic (exact) mass is 389 g/mol. The molecule has 0 atom stereocenters. The summed E-state index contributed by atoms with van der Waals surface area (Å²) in [6.07, 6.45) is 2.73. The van der Waals surface area contributed by atoms with Gasteiger partial charge in [0.25, 0.3) is 0 Å². The standard InChI is InChI=1S/C24H23NO4/c1-3-19-8-4-5-10-21(19)25-15-17-11-12-22(23(14-17)28-2)29-16-18-7-6-9-20(13-18)24(26)27/h4-15H,3,16H2,1-2H3,(H,26,27). The van der Waals surface area contributed by atoms with Crippen molar-refractivity contribution < 1.29 is 19.4 Å². The highest BCUT2D eigenvalue weighted by Crippen LogP contribution is 2.29. The molecule has 0 saturated heterocycles. The van der Waals surface area contributed by atoms with Crippen LogP contribution in [0.3, 0.4) is 0 Å². The van der Waals surface area contributed by atoms with Crippen LogP contribution >= 0.6 is 0 Å². The molecule has 3 aromatic rings. The zero-order valence-corrected chi connectivity index (χ0v) is 16.5. The van der Waals surface area contributed by atoms with Crippen molar-refractivity contribution in [1.29, 1.82) is 0 Å². The molecule has 0 aliphatic carbocycles. The lowest BCUT2D eigenvalue weighted by molar-refractivity contribution is 0.0696. The van der Waals surface area contributed by atoms with Crippen molar-refractivity contribution in [1.82, 2.24) is 0 Å². The van der Waals surface area contributed by atoms with Gasteiger partial charge in [-0.1, -0.05) is 37.3 Å². The first-order chi connectivity index (χ1) is 14.1. The zero-order chi connectivity index (χ0) is 20.6. The molecule has 0 saturated carbocycles. The van der Waals surface area contributed by atoms with Gasteiger partial charge in [-0.05, 0) is 59.5 Å². The molecule has 0 unspecified atom stereocenters. The van der Waals surface area contributed by atoms with Gasteiger partial charge in [-0.3, -0.25) is 4.99 Å². The first kappa shape index (κ1) is 20.1. The van der Waals surface area contributed by atoms with Gasteiger partial charge in [-0.2, -0.15) is 0 Å². The number of rotatable bonds is 8. The Balaban J connectivity index is 1.74. The van der Waals surface area contributed by atoms with E-state index in [4.69, 9.17) is 14.6 Å². The van der Waals surface area contributed by atoms with E-state index >= 15 is 0 Å². The number of aryl methyl sites for hydroxylation is 1. The minimum Gasteiger partial charge on any atom is -0.493 e. The second kappa shape index (κ2) is 9.55. The molecule has 0 spiro atoms. The van der Waals surface area contributed by atoms with Gasteiger partial charge >= 0.3 is 5.97 Å². The largest absolute Gasteiger partial charge is 0.493 e. The Morgan fingerprint density at radius 1 is 1.03 bits per heavy atom. The van der Waals surface area contributed by atoms with Crippen LogP contribution < -0.4 is 9.47 Å². The molecule has 3 aromatic carbocycles. The Kier molecular flexibility index (Phi) is 6.63. The van der Waals surface area contributed by atoms with E-state index in [0.717, 1.165) is 23.2 Å². The predicted molar refractivity (Wildman–Crippen MR) is 114 cm³/mol. The molecule has 148 valence electrons. The first-order valence-corrected chi connectivity index (χ1v) is 9.35. The van der Waals surface area contributed by atoms with E-state index in [1.54, 1.807) is 31.5 Å². The van der Waals surface area contributed by atoms with Crippen molar-refractivity contribution in [3.05, 3.63) is 89.0 Å². The van der Waals surface area contributed by atoms with Gasteiger partial charge in [0.2, 0.25) is 0 Å². The molecule has 0 aliphatic heterocycles. The van der Waals surface area contributed by atoms with Gasteiger partial charge < -0.3 is 14.6 Å². The van der Waals surface area contributed by atoms with Gasteiger partial charge in [0.15, 0.2) is 11.5 Å². The van der Waals surface area contributed by atoms with Crippen LogP contribution in [0.15, 0.2) is 71.7 Å². The van der Waals surface area contributed by atoms with Crippen LogP contribution in [0.2, 0.25) is 0 Å². The fourth-order valence-electron chi connectivity index (χ4n) is 2.92. The summed E-state index contributed by atoms with van der Waals surface area (Å²) in [5.74, 6) is 0.212. The number of carbonyl (C=O) groups is 1. The third-order valence-electron chi connectivity index (χ3n) is 4.48. The fourth-order valence-corrected chi connectivity index (χ4v) is 2.92.